The first-order chi connectivity index (χ1) is 13.6. The minimum atomic E-state index is -0.475. The highest BCUT2D eigenvalue weighted by Crippen LogP contribution is 2.24. The second-order valence-corrected chi connectivity index (χ2v) is 6.93. The minimum absolute atomic E-state index is 0.0261. The number of benzene rings is 2. The molecule has 2 aromatic carbocycles. The average Bonchev–Trinajstić information content (AvgIpc) is 2.72. The number of nitrogens with one attached hydrogen (secondary N) is 1. The maximum atomic E-state index is 12.3. The van der Waals surface area contributed by atoms with Crippen LogP contribution in [0.1, 0.15) is 11.1 Å². The highest BCUT2D eigenvalue weighted by atomic mass is 35.5. The Kier molecular flexibility index (Phi) is 6.39. The number of aromatic amines is 1. The van der Waals surface area contributed by atoms with Crippen LogP contribution in [0.3, 0.4) is 0 Å². The molecule has 1 N–H and O–H groups in total. The van der Waals surface area contributed by atoms with E-state index < -0.39 is 5.56 Å². The zero-order chi connectivity index (χ0) is 19.9. The van der Waals surface area contributed by atoms with Crippen LogP contribution in [-0.2, 0) is 0 Å². The quantitative estimate of drug-likeness (QED) is 0.400. The molecule has 138 valence electrons. The Morgan fingerprint density at radius 2 is 1.89 bits per heavy atom. The summed E-state index contributed by atoms with van der Waals surface area (Å²) in [7, 11) is 1.57. The summed E-state index contributed by atoms with van der Waals surface area (Å²) in [5.41, 5.74) is 1.35. The molecule has 0 spiro atoms. The van der Waals surface area contributed by atoms with Gasteiger partial charge in [0, 0.05) is 16.1 Å². The predicted octanol–water partition coefficient (Wildman–Crippen LogP) is 4.11. The van der Waals surface area contributed by atoms with Crippen LogP contribution in [0.2, 0.25) is 5.02 Å². The molecule has 0 amide bonds. The summed E-state index contributed by atoms with van der Waals surface area (Å²) in [5, 5.41) is 10.4. The number of hydrogen-bond donors (Lipinski definition) is 1. The van der Waals surface area contributed by atoms with Crippen LogP contribution >= 0.6 is 23.4 Å². The number of H-pyrrole nitrogens is 1. The summed E-state index contributed by atoms with van der Waals surface area (Å²) in [6.45, 7) is 0. The number of halogens is 1. The number of ether oxygens (including phenoxy) is 1. The number of aromatic nitrogens is 2. The molecule has 0 saturated heterocycles. The molecule has 3 aromatic rings. The standard InChI is InChI=1S/C21H14ClN3O2S/c1-27-17-10-6-15(7-11-17)19-18(13-23)20(26)25-21(24-19)28-12-2-3-14-4-8-16(22)9-5-14/h4-11H,12H2,1H3,(H,24,25,26). The van der Waals surface area contributed by atoms with Gasteiger partial charge < -0.3 is 9.72 Å². The fraction of sp³-hybridized carbons (Fsp3) is 0.0952. The number of methoxy groups -OCH3 is 1. The molecule has 0 fully saturated rings. The summed E-state index contributed by atoms with van der Waals surface area (Å²) in [5.74, 6) is 7.15. The van der Waals surface area contributed by atoms with E-state index in [0.29, 0.717) is 32.9 Å². The minimum Gasteiger partial charge on any atom is -0.497 e. The Morgan fingerprint density at radius 1 is 1.18 bits per heavy atom. The van der Waals surface area contributed by atoms with Gasteiger partial charge in [0.25, 0.3) is 5.56 Å². The summed E-state index contributed by atoms with van der Waals surface area (Å²) < 4.78 is 5.14. The number of nitriles is 1. The van der Waals surface area contributed by atoms with Crippen molar-refractivity contribution in [2.45, 2.75) is 5.16 Å². The Bertz CT molecular complexity index is 1140. The second kappa shape index (κ2) is 9.14. The first-order valence-electron chi connectivity index (χ1n) is 8.17. The fourth-order valence-electron chi connectivity index (χ4n) is 2.36. The molecule has 0 bridgehead atoms. The van der Waals surface area contributed by atoms with Crippen LogP contribution in [0.25, 0.3) is 11.3 Å². The Balaban J connectivity index is 1.82. The summed E-state index contributed by atoms with van der Waals surface area (Å²) in [6, 6.07) is 16.2. The van der Waals surface area contributed by atoms with Gasteiger partial charge in [-0.15, -0.1) is 0 Å². The average molecular weight is 408 g/mol. The van der Waals surface area contributed by atoms with Crippen molar-refractivity contribution >= 4 is 23.4 Å². The molecule has 0 atom stereocenters. The fourth-order valence-corrected chi connectivity index (χ4v) is 3.09. The lowest BCUT2D eigenvalue weighted by atomic mass is 10.1. The Hall–Kier alpha value is -3.19. The third-order valence-electron chi connectivity index (χ3n) is 3.73. The van der Waals surface area contributed by atoms with Crippen LogP contribution in [0.4, 0.5) is 0 Å². The molecular formula is C21H14ClN3O2S. The van der Waals surface area contributed by atoms with Gasteiger partial charge in [-0.25, -0.2) is 4.98 Å². The van der Waals surface area contributed by atoms with E-state index in [-0.39, 0.29) is 5.56 Å². The molecule has 1 aromatic heterocycles. The van der Waals surface area contributed by atoms with Gasteiger partial charge >= 0.3 is 0 Å². The topological polar surface area (TPSA) is 78.8 Å². The van der Waals surface area contributed by atoms with Crippen LogP contribution in [-0.4, -0.2) is 22.8 Å². The third-order valence-corrected chi connectivity index (χ3v) is 4.74. The zero-order valence-corrected chi connectivity index (χ0v) is 16.4. The van der Waals surface area contributed by atoms with Crippen molar-refractivity contribution in [1.29, 1.82) is 5.26 Å². The van der Waals surface area contributed by atoms with Gasteiger partial charge in [-0.05, 0) is 48.5 Å². The van der Waals surface area contributed by atoms with E-state index in [9.17, 15) is 10.1 Å². The Morgan fingerprint density at radius 3 is 2.54 bits per heavy atom. The zero-order valence-electron chi connectivity index (χ0n) is 14.8. The van der Waals surface area contributed by atoms with Gasteiger partial charge in [0.2, 0.25) is 0 Å². The van der Waals surface area contributed by atoms with Crippen molar-refractivity contribution in [3.8, 4) is 34.9 Å². The molecule has 0 aliphatic rings. The van der Waals surface area contributed by atoms with E-state index >= 15 is 0 Å². The number of nitrogens with zero attached hydrogens (tertiary/aromatic N) is 2. The van der Waals surface area contributed by atoms with E-state index in [2.05, 4.69) is 21.8 Å². The molecule has 0 aliphatic heterocycles. The summed E-state index contributed by atoms with van der Waals surface area (Å²) in [4.78, 5) is 19.3. The van der Waals surface area contributed by atoms with Gasteiger partial charge in [-0.3, -0.25) is 4.79 Å². The maximum absolute atomic E-state index is 12.3. The molecule has 0 radical (unpaired) electrons. The molecule has 28 heavy (non-hydrogen) atoms. The first-order valence-corrected chi connectivity index (χ1v) is 9.53. The SMILES string of the molecule is COc1ccc(-c2nc(SCC#Cc3ccc(Cl)cc3)[nH]c(=O)c2C#N)cc1. The molecular weight excluding hydrogens is 394 g/mol. The second-order valence-electron chi connectivity index (χ2n) is 5.53. The highest BCUT2D eigenvalue weighted by molar-refractivity contribution is 7.99. The van der Waals surface area contributed by atoms with Crippen LogP contribution < -0.4 is 10.3 Å². The van der Waals surface area contributed by atoms with Crippen LogP contribution in [0.15, 0.2) is 58.5 Å². The van der Waals surface area contributed by atoms with E-state index in [0.717, 1.165) is 5.56 Å². The predicted molar refractivity (Wildman–Crippen MR) is 111 cm³/mol. The van der Waals surface area contributed by atoms with E-state index in [1.54, 1.807) is 43.5 Å². The lowest BCUT2D eigenvalue weighted by Crippen LogP contribution is -2.14. The number of thioether (sulfide) groups is 1. The number of rotatable bonds is 4. The van der Waals surface area contributed by atoms with Gasteiger partial charge in [-0.2, -0.15) is 5.26 Å². The van der Waals surface area contributed by atoms with E-state index in [1.165, 1.54) is 11.8 Å². The summed E-state index contributed by atoms with van der Waals surface area (Å²) >= 11 is 7.14. The van der Waals surface area contributed by atoms with Crippen molar-refractivity contribution in [2.75, 3.05) is 12.9 Å². The van der Waals surface area contributed by atoms with Crippen molar-refractivity contribution in [2.24, 2.45) is 0 Å². The molecule has 0 aliphatic carbocycles. The maximum Gasteiger partial charge on any atom is 0.270 e. The lowest BCUT2D eigenvalue weighted by Gasteiger charge is -2.06. The molecule has 3 rings (SSSR count). The van der Waals surface area contributed by atoms with Gasteiger partial charge in [0.15, 0.2) is 5.16 Å². The number of hydrogen-bond acceptors (Lipinski definition) is 5. The largest absolute Gasteiger partial charge is 0.497 e. The van der Waals surface area contributed by atoms with Crippen molar-refractivity contribution < 1.29 is 4.74 Å². The van der Waals surface area contributed by atoms with E-state index in [4.69, 9.17) is 16.3 Å². The van der Waals surface area contributed by atoms with Gasteiger partial charge in [-0.1, -0.05) is 35.2 Å². The normalized spacial score (nSPS) is 9.89. The molecule has 0 unspecified atom stereocenters. The smallest absolute Gasteiger partial charge is 0.270 e. The monoisotopic (exact) mass is 407 g/mol. The third kappa shape index (κ3) is 4.75. The van der Waals surface area contributed by atoms with Gasteiger partial charge in [0.1, 0.15) is 17.4 Å². The lowest BCUT2D eigenvalue weighted by molar-refractivity contribution is 0.415. The molecule has 0 saturated carbocycles. The van der Waals surface area contributed by atoms with Crippen molar-refractivity contribution in [3.63, 3.8) is 0 Å². The first kappa shape index (κ1) is 19.6. The molecule has 1 heterocycles. The van der Waals surface area contributed by atoms with Crippen LogP contribution in [0, 0.1) is 23.2 Å². The van der Waals surface area contributed by atoms with Crippen molar-refractivity contribution in [1.82, 2.24) is 9.97 Å². The summed E-state index contributed by atoms with van der Waals surface area (Å²) in [6.07, 6.45) is 0. The van der Waals surface area contributed by atoms with Gasteiger partial charge in [0.05, 0.1) is 18.6 Å². The molecule has 7 heteroatoms. The highest BCUT2D eigenvalue weighted by Gasteiger charge is 2.13. The van der Waals surface area contributed by atoms with Crippen molar-refractivity contribution in [3.05, 3.63) is 75.0 Å². The van der Waals surface area contributed by atoms with Crippen LogP contribution in [0.5, 0.6) is 5.75 Å². The van der Waals surface area contributed by atoms with E-state index in [1.807, 2.05) is 18.2 Å². The molecule has 5 nitrogen and oxygen atoms in total. The Labute approximate surface area is 171 Å².